The first-order valence-corrected chi connectivity index (χ1v) is 8.75. The Balaban J connectivity index is 2.14. The standard InChI is InChI=1S/C20H27FN2O3/c1-7-15-10-13(2)17(16(21)11-15)18(24)23-9-8-22(12-14(23)3)19(25)26-20(4,5)6/h7,10-11,14H,1,8-9,12H2,2-6H3/t14-/m0/s1. The van der Waals surface area contributed by atoms with Crippen LogP contribution >= 0.6 is 0 Å². The Morgan fingerprint density at radius 1 is 1.31 bits per heavy atom. The third-order valence-corrected chi connectivity index (χ3v) is 4.30. The highest BCUT2D eigenvalue weighted by molar-refractivity contribution is 5.96. The molecule has 1 heterocycles. The van der Waals surface area contributed by atoms with Crippen LogP contribution < -0.4 is 0 Å². The van der Waals surface area contributed by atoms with Crippen LogP contribution in [0, 0.1) is 12.7 Å². The molecule has 2 rings (SSSR count). The first-order chi connectivity index (χ1) is 12.0. The van der Waals surface area contributed by atoms with Gasteiger partial charge in [0.1, 0.15) is 11.4 Å². The van der Waals surface area contributed by atoms with E-state index in [-0.39, 0.29) is 17.5 Å². The number of carbonyl (C=O) groups is 2. The highest BCUT2D eigenvalue weighted by Gasteiger charge is 2.33. The van der Waals surface area contributed by atoms with Crippen molar-refractivity contribution in [2.24, 2.45) is 0 Å². The Bertz CT molecular complexity index is 701. The quantitative estimate of drug-likeness (QED) is 0.803. The largest absolute Gasteiger partial charge is 0.444 e. The fourth-order valence-electron chi connectivity index (χ4n) is 3.05. The number of aryl methyl sites for hydroxylation is 1. The number of rotatable bonds is 2. The average Bonchev–Trinajstić information content (AvgIpc) is 2.52. The molecule has 6 heteroatoms. The number of carbonyl (C=O) groups excluding carboxylic acids is 2. The summed E-state index contributed by atoms with van der Waals surface area (Å²) in [6.07, 6.45) is 1.15. The lowest BCUT2D eigenvalue weighted by Gasteiger charge is -2.40. The minimum Gasteiger partial charge on any atom is -0.444 e. The molecule has 0 saturated carbocycles. The predicted octanol–water partition coefficient (Wildman–Crippen LogP) is 3.86. The van der Waals surface area contributed by atoms with Gasteiger partial charge >= 0.3 is 6.09 Å². The topological polar surface area (TPSA) is 49.9 Å². The van der Waals surface area contributed by atoms with Gasteiger partial charge in [-0.05, 0) is 51.8 Å². The molecule has 0 spiro atoms. The van der Waals surface area contributed by atoms with E-state index in [0.29, 0.717) is 30.8 Å². The van der Waals surface area contributed by atoms with Crippen molar-refractivity contribution in [3.63, 3.8) is 0 Å². The summed E-state index contributed by atoms with van der Waals surface area (Å²) in [5, 5.41) is 0. The maximum Gasteiger partial charge on any atom is 0.410 e. The van der Waals surface area contributed by atoms with Gasteiger partial charge in [-0.1, -0.05) is 18.7 Å². The molecule has 0 N–H and O–H groups in total. The van der Waals surface area contributed by atoms with Crippen molar-refractivity contribution >= 4 is 18.1 Å². The first kappa shape index (κ1) is 19.9. The molecule has 26 heavy (non-hydrogen) atoms. The van der Waals surface area contributed by atoms with Gasteiger partial charge in [0.15, 0.2) is 0 Å². The molecule has 1 aromatic carbocycles. The van der Waals surface area contributed by atoms with Gasteiger partial charge in [0.25, 0.3) is 5.91 Å². The number of benzene rings is 1. The van der Waals surface area contributed by atoms with Gasteiger partial charge in [0, 0.05) is 25.7 Å². The van der Waals surface area contributed by atoms with Crippen molar-refractivity contribution in [1.82, 2.24) is 9.80 Å². The van der Waals surface area contributed by atoms with Crippen LogP contribution in [0.4, 0.5) is 9.18 Å². The highest BCUT2D eigenvalue weighted by atomic mass is 19.1. The number of ether oxygens (including phenoxy) is 1. The SMILES string of the molecule is C=Cc1cc(C)c(C(=O)N2CCN(C(=O)OC(C)(C)C)C[C@@H]2C)c(F)c1. The lowest BCUT2D eigenvalue weighted by molar-refractivity contribution is 0.00605. The smallest absolute Gasteiger partial charge is 0.410 e. The zero-order valence-electron chi connectivity index (χ0n) is 16.1. The third-order valence-electron chi connectivity index (χ3n) is 4.30. The molecule has 1 aliphatic rings. The fraction of sp³-hybridized carbons (Fsp3) is 0.500. The maximum atomic E-state index is 14.4. The Morgan fingerprint density at radius 3 is 2.46 bits per heavy atom. The van der Waals surface area contributed by atoms with Gasteiger partial charge in [-0.3, -0.25) is 4.79 Å². The molecule has 1 atom stereocenters. The number of nitrogens with zero attached hydrogens (tertiary/aromatic N) is 2. The predicted molar refractivity (Wildman–Crippen MR) is 99.5 cm³/mol. The molecule has 1 saturated heterocycles. The zero-order chi connectivity index (χ0) is 19.6. The number of hydrogen-bond donors (Lipinski definition) is 0. The van der Waals surface area contributed by atoms with E-state index in [4.69, 9.17) is 4.74 Å². The molecular weight excluding hydrogens is 335 g/mol. The van der Waals surface area contributed by atoms with Gasteiger partial charge in [0.2, 0.25) is 0 Å². The molecule has 5 nitrogen and oxygen atoms in total. The second-order valence-electron chi connectivity index (χ2n) is 7.67. The fourth-order valence-corrected chi connectivity index (χ4v) is 3.05. The van der Waals surface area contributed by atoms with Crippen molar-refractivity contribution in [2.75, 3.05) is 19.6 Å². The van der Waals surface area contributed by atoms with Crippen LogP contribution in [0.15, 0.2) is 18.7 Å². The number of halogens is 1. The summed E-state index contributed by atoms with van der Waals surface area (Å²) < 4.78 is 19.8. The summed E-state index contributed by atoms with van der Waals surface area (Å²) in [5.41, 5.74) is 0.722. The molecule has 0 aromatic heterocycles. The Labute approximate surface area is 154 Å². The molecule has 2 amide bonds. The van der Waals surface area contributed by atoms with E-state index in [1.54, 1.807) is 28.9 Å². The van der Waals surface area contributed by atoms with E-state index >= 15 is 0 Å². The Kier molecular flexibility index (Phi) is 5.74. The highest BCUT2D eigenvalue weighted by Crippen LogP contribution is 2.22. The summed E-state index contributed by atoms with van der Waals surface area (Å²) in [7, 11) is 0. The van der Waals surface area contributed by atoms with E-state index < -0.39 is 17.5 Å². The Morgan fingerprint density at radius 2 is 1.96 bits per heavy atom. The molecule has 1 aliphatic heterocycles. The van der Waals surface area contributed by atoms with Crippen LogP contribution in [0.5, 0.6) is 0 Å². The van der Waals surface area contributed by atoms with Gasteiger partial charge in [-0.15, -0.1) is 0 Å². The van der Waals surface area contributed by atoms with Crippen molar-refractivity contribution in [2.45, 2.75) is 46.3 Å². The van der Waals surface area contributed by atoms with E-state index in [0.717, 1.165) is 0 Å². The molecule has 1 fully saturated rings. The van der Waals surface area contributed by atoms with E-state index in [9.17, 15) is 14.0 Å². The minimum absolute atomic E-state index is 0.0770. The van der Waals surface area contributed by atoms with Crippen LogP contribution in [-0.2, 0) is 4.74 Å². The van der Waals surface area contributed by atoms with Crippen molar-refractivity contribution in [1.29, 1.82) is 0 Å². The van der Waals surface area contributed by atoms with Gasteiger partial charge in [-0.25, -0.2) is 9.18 Å². The molecule has 0 aliphatic carbocycles. The second-order valence-corrected chi connectivity index (χ2v) is 7.67. The second kappa shape index (κ2) is 7.48. The normalized spacial score (nSPS) is 17.8. The number of piperazine rings is 1. The van der Waals surface area contributed by atoms with Crippen LogP contribution in [0.1, 0.15) is 49.2 Å². The third kappa shape index (κ3) is 4.42. The van der Waals surface area contributed by atoms with Crippen LogP contribution in [0.3, 0.4) is 0 Å². The van der Waals surface area contributed by atoms with E-state index in [2.05, 4.69) is 6.58 Å². The number of amides is 2. The van der Waals surface area contributed by atoms with Crippen molar-refractivity contribution in [3.05, 3.63) is 41.2 Å². The van der Waals surface area contributed by atoms with Gasteiger partial charge in [-0.2, -0.15) is 0 Å². The van der Waals surface area contributed by atoms with E-state index in [1.807, 2.05) is 27.7 Å². The van der Waals surface area contributed by atoms with E-state index in [1.165, 1.54) is 6.07 Å². The maximum absolute atomic E-state index is 14.4. The molecule has 1 aromatic rings. The lowest BCUT2D eigenvalue weighted by Crippen LogP contribution is -2.56. The molecule has 0 radical (unpaired) electrons. The number of hydrogen-bond acceptors (Lipinski definition) is 3. The summed E-state index contributed by atoms with van der Waals surface area (Å²) in [4.78, 5) is 28.3. The summed E-state index contributed by atoms with van der Waals surface area (Å²) in [6, 6.07) is 2.82. The first-order valence-electron chi connectivity index (χ1n) is 8.75. The summed E-state index contributed by atoms with van der Waals surface area (Å²) >= 11 is 0. The Hall–Kier alpha value is -2.37. The molecular formula is C20H27FN2O3. The van der Waals surface area contributed by atoms with Gasteiger partial charge < -0.3 is 14.5 Å². The van der Waals surface area contributed by atoms with Crippen LogP contribution in [0.25, 0.3) is 6.08 Å². The monoisotopic (exact) mass is 362 g/mol. The average molecular weight is 362 g/mol. The molecule has 142 valence electrons. The van der Waals surface area contributed by atoms with Crippen LogP contribution in [-0.4, -0.2) is 53.1 Å². The lowest BCUT2D eigenvalue weighted by atomic mass is 10.0. The zero-order valence-corrected chi connectivity index (χ0v) is 16.1. The van der Waals surface area contributed by atoms with Gasteiger partial charge in [0.05, 0.1) is 5.56 Å². The molecule has 0 unspecified atom stereocenters. The summed E-state index contributed by atoms with van der Waals surface area (Å²) in [5.74, 6) is -0.904. The molecule has 0 bridgehead atoms. The minimum atomic E-state index is -0.569. The van der Waals surface area contributed by atoms with Crippen molar-refractivity contribution < 1.29 is 18.7 Å². The van der Waals surface area contributed by atoms with Crippen LogP contribution in [0.2, 0.25) is 0 Å². The van der Waals surface area contributed by atoms with Crippen molar-refractivity contribution in [3.8, 4) is 0 Å². The summed E-state index contributed by atoms with van der Waals surface area (Å²) in [6.45, 7) is 13.7.